The molecule has 1 aromatic carbocycles. The quantitative estimate of drug-likeness (QED) is 0.492. The predicted octanol–water partition coefficient (Wildman–Crippen LogP) is 5.06. The first-order valence-corrected chi connectivity index (χ1v) is 11.0. The van der Waals surface area contributed by atoms with Crippen molar-refractivity contribution in [3.63, 3.8) is 0 Å². The molecule has 4 aliphatic carbocycles. The van der Waals surface area contributed by atoms with Crippen molar-refractivity contribution in [2.75, 3.05) is 0 Å². The number of hydrazone groups is 1. The van der Waals surface area contributed by atoms with Crippen LogP contribution in [0.2, 0.25) is 0 Å². The monoisotopic (exact) mass is 399 g/mol. The molecule has 5 nitrogen and oxygen atoms in total. The Bertz CT molecular complexity index is 1100. The van der Waals surface area contributed by atoms with E-state index in [0.29, 0.717) is 11.5 Å². The molecule has 152 valence electrons. The van der Waals surface area contributed by atoms with Crippen molar-refractivity contribution < 1.29 is 9.21 Å². The van der Waals surface area contributed by atoms with Crippen LogP contribution in [0.1, 0.15) is 60.3 Å². The molecule has 3 aromatic rings. The number of carbonyl (C=O) groups excluding carboxylic acids is 1. The fourth-order valence-electron chi connectivity index (χ4n) is 6.75. The van der Waals surface area contributed by atoms with Crippen LogP contribution < -0.4 is 5.43 Å². The summed E-state index contributed by atoms with van der Waals surface area (Å²) in [6, 6.07) is 13.9. The van der Waals surface area contributed by atoms with Gasteiger partial charge in [0.2, 0.25) is 0 Å². The van der Waals surface area contributed by atoms with Gasteiger partial charge >= 0.3 is 0 Å². The molecule has 7 rings (SSSR count). The van der Waals surface area contributed by atoms with Gasteiger partial charge in [-0.25, -0.2) is 10.4 Å². The van der Waals surface area contributed by atoms with Crippen LogP contribution in [0.3, 0.4) is 0 Å². The highest BCUT2D eigenvalue weighted by atomic mass is 16.3. The van der Waals surface area contributed by atoms with Gasteiger partial charge in [-0.3, -0.25) is 4.79 Å². The maximum Gasteiger partial charge on any atom is 0.289 e. The standard InChI is InChI=1S/C25H25N3O2/c29-24(28-26-15-19-4-3-7-30-19)23-11-21(20-5-1-2-6-22(20)27-23)25-12-16-8-17(13-25)10-18(9-16)14-25/h1-7,11,15-18H,8-10,12-14H2,(H,28,29)/b26-15-. The average Bonchev–Trinajstić information content (AvgIpc) is 3.25. The van der Waals surface area contributed by atoms with Gasteiger partial charge in [0, 0.05) is 5.39 Å². The van der Waals surface area contributed by atoms with Crippen LogP contribution in [0.15, 0.2) is 58.2 Å². The first kappa shape index (κ1) is 17.9. The number of benzene rings is 1. The number of furan rings is 1. The molecule has 2 heterocycles. The van der Waals surface area contributed by atoms with Crippen LogP contribution in [0.25, 0.3) is 10.9 Å². The molecular weight excluding hydrogens is 374 g/mol. The Labute approximate surface area is 175 Å². The van der Waals surface area contributed by atoms with E-state index in [1.165, 1.54) is 55.7 Å². The molecule has 4 bridgehead atoms. The number of hydrogen-bond donors (Lipinski definition) is 1. The summed E-state index contributed by atoms with van der Waals surface area (Å²) in [5.74, 6) is 2.85. The lowest BCUT2D eigenvalue weighted by Gasteiger charge is -2.57. The molecule has 0 unspecified atom stereocenters. The van der Waals surface area contributed by atoms with Crippen LogP contribution >= 0.6 is 0 Å². The van der Waals surface area contributed by atoms with Crippen molar-refractivity contribution in [3.05, 3.63) is 65.7 Å². The number of pyridine rings is 1. The molecule has 1 amide bonds. The third kappa shape index (κ3) is 2.95. The lowest BCUT2D eigenvalue weighted by atomic mass is 9.48. The number of rotatable bonds is 4. The van der Waals surface area contributed by atoms with Crippen molar-refractivity contribution in [1.29, 1.82) is 0 Å². The van der Waals surface area contributed by atoms with E-state index in [2.05, 4.69) is 27.6 Å². The Balaban J connectivity index is 1.38. The second kappa shape index (κ2) is 6.79. The number of carbonyl (C=O) groups is 1. The van der Waals surface area contributed by atoms with Gasteiger partial charge in [0.15, 0.2) is 0 Å². The minimum absolute atomic E-state index is 0.198. The number of nitrogens with one attached hydrogen (secondary N) is 1. The van der Waals surface area contributed by atoms with Crippen molar-refractivity contribution in [3.8, 4) is 0 Å². The van der Waals surface area contributed by atoms with Gasteiger partial charge in [-0.2, -0.15) is 5.10 Å². The molecule has 4 fully saturated rings. The Kier molecular flexibility index (Phi) is 4.05. The Hall–Kier alpha value is -2.95. The second-order valence-electron chi connectivity index (χ2n) is 9.48. The maximum atomic E-state index is 12.9. The zero-order valence-electron chi connectivity index (χ0n) is 16.9. The largest absolute Gasteiger partial charge is 0.463 e. The van der Waals surface area contributed by atoms with E-state index >= 15 is 0 Å². The summed E-state index contributed by atoms with van der Waals surface area (Å²) in [5.41, 5.74) is 5.47. The second-order valence-corrected chi connectivity index (χ2v) is 9.48. The molecule has 2 aromatic heterocycles. The van der Waals surface area contributed by atoms with E-state index in [0.717, 1.165) is 23.3 Å². The van der Waals surface area contributed by atoms with Gasteiger partial charge in [-0.1, -0.05) is 18.2 Å². The van der Waals surface area contributed by atoms with E-state index in [4.69, 9.17) is 4.42 Å². The SMILES string of the molecule is O=C(N/N=C\c1ccco1)c1cc(C23CC4CC(CC(C4)C2)C3)c2ccccc2n1. The summed E-state index contributed by atoms with van der Waals surface area (Å²) < 4.78 is 5.22. The van der Waals surface area contributed by atoms with Crippen molar-refractivity contribution >= 4 is 23.0 Å². The number of aromatic nitrogens is 1. The Morgan fingerprint density at radius 1 is 1.07 bits per heavy atom. The highest BCUT2D eigenvalue weighted by molar-refractivity contribution is 5.96. The minimum atomic E-state index is -0.283. The number of amides is 1. The van der Waals surface area contributed by atoms with Gasteiger partial charge in [0.1, 0.15) is 11.5 Å². The Morgan fingerprint density at radius 3 is 2.50 bits per heavy atom. The topological polar surface area (TPSA) is 67.5 Å². The van der Waals surface area contributed by atoms with Crippen LogP contribution in [0, 0.1) is 17.8 Å². The van der Waals surface area contributed by atoms with Gasteiger partial charge < -0.3 is 4.42 Å². The smallest absolute Gasteiger partial charge is 0.289 e. The fraction of sp³-hybridized carbons (Fsp3) is 0.400. The summed E-state index contributed by atoms with van der Waals surface area (Å²) >= 11 is 0. The fourth-order valence-corrected chi connectivity index (χ4v) is 6.75. The summed E-state index contributed by atoms with van der Waals surface area (Å²) in [4.78, 5) is 17.5. The molecule has 1 N–H and O–H groups in total. The predicted molar refractivity (Wildman–Crippen MR) is 115 cm³/mol. The summed E-state index contributed by atoms with van der Waals surface area (Å²) in [6.07, 6.45) is 11.0. The molecule has 0 spiro atoms. The minimum Gasteiger partial charge on any atom is -0.463 e. The zero-order valence-corrected chi connectivity index (χ0v) is 16.9. The van der Waals surface area contributed by atoms with E-state index < -0.39 is 0 Å². The first-order valence-electron chi connectivity index (χ1n) is 11.0. The Morgan fingerprint density at radius 2 is 1.80 bits per heavy atom. The van der Waals surface area contributed by atoms with E-state index in [-0.39, 0.29) is 11.3 Å². The van der Waals surface area contributed by atoms with Crippen molar-refractivity contribution in [1.82, 2.24) is 10.4 Å². The van der Waals surface area contributed by atoms with Crippen LogP contribution in [-0.2, 0) is 5.41 Å². The summed E-state index contributed by atoms with van der Waals surface area (Å²) in [5, 5.41) is 5.24. The first-order chi connectivity index (χ1) is 14.7. The van der Waals surface area contributed by atoms with Crippen LogP contribution in [-0.4, -0.2) is 17.1 Å². The summed E-state index contributed by atoms with van der Waals surface area (Å²) in [7, 11) is 0. The normalized spacial score (nSPS) is 29.7. The third-order valence-electron chi connectivity index (χ3n) is 7.46. The van der Waals surface area contributed by atoms with Gasteiger partial charge in [-0.15, -0.1) is 0 Å². The highest BCUT2D eigenvalue weighted by Gasteiger charge is 2.52. The lowest BCUT2D eigenvalue weighted by molar-refractivity contribution is -0.00453. The van der Waals surface area contributed by atoms with Gasteiger partial charge in [0.05, 0.1) is 18.0 Å². The summed E-state index contributed by atoms with van der Waals surface area (Å²) in [6.45, 7) is 0. The van der Waals surface area contributed by atoms with Crippen molar-refractivity contribution in [2.24, 2.45) is 22.9 Å². The molecular formula is C25H25N3O2. The third-order valence-corrected chi connectivity index (χ3v) is 7.46. The molecule has 5 heteroatoms. The van der Waals surface area contributed by atoms with Gasteiger partial charge in [-0.05, 0) is 91.5 Å². The molecule has 4 saturated carbocycles. The van der Waals surface area contributed by atoms with E-state index in [1.807, 2.05) is 18.2 Å². The maximum absolute atomic E-state index is 12.9. The average molecular weight is 399 g/mol. The lowest BCUT2D eigenvalue weighted by Crippen LogP contribution is -2.48. The van der Waals surface area contributed by atoms with Crippen LogP contribution in [0.5, 0.6) is 0 Å². The highest BCUT2D eigenvalue weighted by Crippen LogP contribution is 2.61. The zero-order chi connectivity index (χ0) is 20.1. The molecule has 0 atom stereocenters. The number of para-hydroxylation sites is 1. The molecule has 0 saturated heterocycles. The number of hydrogen-bond acceptors (Lipinski definition) is 4. The number of nitrogens with zero attached hydrogens (tertiary/aromatic N) is 2. The number of fused-ring (bicyclic) bond motifs is 1. The van der Waals surface area contributed by atoms with Crippen molar-refractivity contribution in [2.45, 2.75) is 43.9 Å². The van der Waals surface area contributed by atoms with Crippen LogP contribution in [0.4, 0.5) is 0 Å². The molecule has 0 radical (unpaired) electrons. The molecule has 0 aliphatic heterocycles. The molecule has 30 heavy (non-hydrogen) atoms. The van der Waals surface area contributed by atoms with E-state index in [9.17, 15) is 4.79 Å². The molecule has 4 aliphatic rings. The van der Waals surface area contributed by atoms with Gasteiger partial charge in [0.25, 0.3) is 5.91 Å². The van der Waals surface area contributed by atoms with E-state index in [1.54, 1.807) is 18.4 Å².